The van der Waals surface area contributed by atoms with E-state index in [2.05, 4.69) is 195 Å². The van der Waals surface area contributed by atoms with Crippen molar-refractivity contribution in [2.24, 2.45) is 0 Å². The molecule has 1 spiro atoms. The van der Waals surface area contributed by atoms with Crippen LogP contribution in [0.1, 0.15) is 72.9 Å². The van der Waals surface area contributed by atoms with Crippen LogP contribution in [-0.2, 0) is 5.41 Å². The van der Waals surface area contributed by atoms with Crippen LogP contribution in [0.25, 0.3) is 43.8 Å². The fraction of sp³-hybridized carbons (Fsp3) is 0.111. The zero-order chi connectivity index (χ0) is 45.6. The molecular formula is C63H48F2N2. The highest BCUT2D eigenvalue weighted by atomic mass is 19.1. The van der Waals surface area contributed by atoms with Crippen LogP contribution in [0.15, 0.2) is 206 Å². The SMILES string of the molecule is CC(C)c1ccc(N(c2ccc(F)cc2)c2cc3c(c4ccccc24)-c2c(cc(N(c4ccc(F)cc4)c4ccc(C(C)C)cc4)c4ccccc24)C32c3ccccc3-c3ccccc32)cc1. The van der Waals surface area contributed by atoms with Gasteiger partial charge in [-0.05, 0) is 163 Å². The molecule has 0 N–H and O–H groups in total. The molecule has 0 saturated carbocycles. The van der Waals surface area contributed by atoms with E-state index in [1.165, 1.54) is 55.6 Å². The van der Waals surface area contributed by atoms with E-state index in [0.717, 1.165) is 55.7 Å². The third-order valence-corrected chi connectivity index (χ3v) is 14.3. The minimum absolute atomic E-state index is 0.278. The van der Waals surface area contributed by atoms with Gasteiger partial charge >= 0.3 is 0 Å². The largest absolute Gasteiger partial charge is 0.310 e. The second-order valence-electron chi connectivity index (χ2n) is 18.7. The van der Waals surface area contributed by atoms with Crippen LogP contribution in [0.5, 0.6) is 0 Å². The Labute approximate surface area is 391 Å². The highest BCUT2D eigenvalue weighted by Gasteiger charge is 2.53. The first-order valence-electron chi connectivity index (χ1n) is 23.4. The molecule has 0 heterocycles. The summed E-state index contributed by atoms with van der Waals surface area (Å²) >= 11 is 0. The van der Waals surface area contributed by atoms with Gasteiger partial charge in [-0.15, -0.1) is 0 Å². The lowest BCUT2D eigenvalue weighted by Gasteiger charge is -2.34. The Hall–Kier alpha value is -7.82. The van der Waals surface area contributed by atoms with Crippen molar-refractivity contribution in [1.29, 1.82) is 0 Å². The van der Waals surface area contributed by atoms with Gasteiger partial charge in [-0.3, -0.25) is 0 Å². The molecule has 2 aliphatic rings. The van der Waals surface area contributed by atoms with Crippen molar-refractivity contribution >= 4 is 55.7 Å². The topological polar surface area (TPSA) is 6.48 Å². The Kier molecular flexibility index (Phi) is 9.51. The Morgan fingerprint density at radius 3 is 1.01 bits per heavy atom. The van der Waals surface area contributed by atoms with Crippen molar-refractivity contribution in [3.8, 4) is 22.3 Å². The molecule has 4 heteroatoms. The molecule has 12 rings (SSSR count). The lowest BCUT2D eigenvalue weighted by atomic mass is 9.70. The molecule has 0 fully saturated rings. The first kappa shape index (κ1) is 40.7. The average Bonchev–Trinajstić information content (AvgIpc) is 3.83. The molecule has 10 aromatic carbocycles. The molecule has 0 saturated heterocycles. The lowest BCUT2D eigenvalue weighted by Crippen LogP contribution is -2.26. The van der Waals surface area contributed by atoms with Crippen molar-refractivity contribution in [3.05, 3.63) is 251 Å². The third-order valence-electron chi connectivity index (χ3n) is 14.3. The summed E-state index contributed by atoms with van der Waals surface area (Å²) in [6.45, 7) is 8.86. The second-order valence-corrected chi connectivity index (χ2v) is 18.7. The smallest absolute Gasteiger partial charge is 0.123 e. The maximum atomic E-state index is 14.8. The van der Waals surface area contributed by atoms with Crippen LogP contribution < -0.4 is 9.80 Å². The van der Waals surface area contributed by atoms with E-state index in [1.54, 1.807) is 24.3 Å². The predicted molar refractivity (Wildman–Crippen MR) is 275 cm³/mol. The molecule has 0 radical (unpaired) electrons. The monoisotopic (exact) mass is 870 g/mol. The van der Waals surface area contributed by atoms with E-state index < -0.39 is 5.41 Å². The van der Waals surface area contributed by atoms with Crippen molar-refractivity contribution in [2.45, 2.75) is 44.9 Å². The molecule has 2 nitrogen and oxygen atoms in total. The summed E-state index contributed by atoms with van der Waals surface area (Å²) in [5.74, 6) is 0.181. The summed E-state index contributed by atoms with van der Waals surface area (Å²) in [5, 5.41) is 4.46. The Morgan fingerprint density at radius 2 is 0.657 bits per heavy atom. The number of rotatable bonds is 8. The number of benzene rings is 10. The first-order chi connectivity index (χ1) is 32.7. The Bertz CT molecular complexity index is 3300. The van der Waals surface area contributed by atoms with E-state index in [-0.39, 0.29) is 11.6 Å². The number of hydrogen-bond donors (Lipinski definition) is 0. The molecule has 0 aromatic heterocycles. The van der Waals surface area contributed by atoms with E-state index in [9.17, 15) is 8.78 Å². The van der Waals surface area contributed by atoms with Crippen molar-refractivity contribution in [3.63, 3.8) is 0 Å². The minimum Gasteiger partial charge on any atom is -0.310 e. The number of nitrogens with zero attached hydrogens (tertiary/aromatic N) is 2. The maximum absolute atomic E-state index is 14.8. The summed E-state index contributed by atoms with van der Waals surface area (Å²) in [5.41, 5.74) is 17.1. The highest BCUT2D eigenvalue weighted by molar-refractivity contribution is 6.19. The zero-order valence-electron chi connectivity index (χ0n) is 37.9. The Morgan fingerprint density at radius 1 is 0.343 bits per heavy atom. The molecule has 0 aliphatic heterocycles. The fourth-order valence-corrected chi connectivity index (χ4v) is 11.2. The predicted octanol–water partition coefficient (Wildman–Crippen LogP) is 17.8. The van der Waals surface area contributed by atoms with Crippen LogP contribution in [0, 0.1) is 11.6 Å². The maximum Gasteiger partial charge on any atom is 0.123 e. The quantitative estimate of drug-likeness (QED) is 0.150. The van der Waals surface area contributed by atoms with Crippen molar-refractivity contribution in [1.82, 2.24) is 0 Å². The summed E-state index contributed by atoms with van der Waals surface area (Å²) in [6, 6.07) is 71.7. The van der Waals surface area contributed by atoms with Crippen molar-refractivity contribution < 1.29 is 8.78 Å². The molecule has 2 aliphatic carbocycles. The summed E-state index contributed by atoms with van der Waals surface area (Å²) < 4.78 is 29.7. The molecule has 0 bridgehead atoms. The summed E-state index contributed by atoms with van der Waals surface area (Å²) in [6.07, 6.45) is 0. The van der Waals surface area contributed by atoms with Gasteiger partial charge in [0.15, 0.2) is 0 Å². The molecule has 10 aromatic rings. The lowest BCUT2D eigenvalue weighted by molar-refractivity contribution is 0.627. The van der Waals surface area contributed by atoms with Crippen LogP contribution in [0.2, 0.25) is 0 Å². The van der Waals surface area contributed by atoms with Gasteiger partial charge in [-0.1, -0.05) is 149 Å². The van der Waals surface area contributed by atoms with E-state index >= 15 is 0 Å². The number of fused-ring (bicyclic) bond motifs is 14. The van der Waals surface area contributed by atoms with Crippen LogP contribution in [0.4, 0.5) is 42.9 Å². The number of hydrogen-bond acceptors (Lipinski definition) is 2. The van der Waals surface area contributed by atoms with Crippen LogP contribution in [-0.4, -0.2) is 0 Å². The standard InChI is InChI=1S/C63H48F2N2/c1-39(2)41-21-29-45(30-22-41)66(47-33-25-43(64)26-34-47)59-37-57-61(53-17-7-5-15-51(53)59)62-54-18-8-6-16-52(54)60(67(48-35-27-44(65)28-36-48)46-31-23-42(24-32-46)40(3)4)38-58(62)63(57)55-19-11-9-13-49(55)50-14-10-12-20-56(50)63/h5-40H,1-4H3. The number of halogens is 2. The van der Waals surface area contributed by atoms with Crippen molar-refractivity contribution in [2.75, 3.05) is 9.80 Å². The van der Waals surface area contributed by atoms with E-state index in [1.807, 2.05) is 24.3 Å². The van der Waals surface area contributed by atoms with Gasteiger partial charge < -0.3 is 9.80 Å². The number of anilines is 6. The zero-order valence-corrected chi connectivity index (χ0v) is 37.9. The van der Waals surface area contributed by atoms with Gasteiger partial charge in [0.05, 0.1) is 16.8 Å². The highest BCUT2D eigenvalue weighted by Crippen LogP contribution is 2.67. The van der Waals surface area contributed by atoms with Gasteiger partial charge in [0.2, 0.25) is 0 Å². The fourth-order valence-electron chi connectivity index (χ4n) is 11.2. The van der Waals surface area contributed by atoms with Gasteiger partial charge in [0.25, 0.3) is 0 Å². The molecule has 0 amide bonds. The second kappa shape index (κ2) is 15.7. The first-order valence-corrected chi connectivity index (χ1v) is 23.4. The van der Waals surface area contributed by atoms with Gasteiger partial charge in [0, 0.05) is 33.5 Å². The van der Waals surface area contributed by atoms with Gasteiger partial charge in [-0.25, -0.2) is 8.78 Å². The van der Waals surface area contributed by atoms with Crippen LogP contribution in [0.3, 0.4) is 0 Å². The van der Waals surface area contributed by atoms with Gasteiger partial charge in [-0.2, -0.15) is 0 Å². The molecule has 0 atom stereocenters. The normalized spacial score (nSPS) is 13.0. The Balaban J connectivity index is 1.23. The summed E-state index contributed by atoms with van der Waals surface area (Å²) in [7, 11) is 0. The minimum atomic E-state index is -0.749. The molecule has 324 valence electrons. The summed E-state index contributed by atoms with van der Waals surface area (Å²) in [4.78, 5) is 4.60. The molecule has 67 heavy (non-hydrogen) atoms. The van der Waals surface area contributed by atoms with Gasteiger partial charge in [0.1, 0.15) is 11.6 Å². The molecule has 0 unspecified atom stereocenters. The van der Waals surface area contributed by atoms with E-state index in [0.29, 0.717) is 11.8 Å². The average molecular weight is 871 g/mol. The van der Waals surface area contributed by atoms with E-state index in [4.69, 9.17) is 0 Å². The molecular weight excluding hydrogens is 823 g/mol. The van der Waals surface area contributed by atoms with Crippen LogP contribution >= 0.6 is 0 Å². The third kappa shape index (κ3) is 6.19.